The van der Waals surface area contributed by atoms with Crippen LogP contribution >= 0.6 is 0 Å². The summed E-state index contributed by atoms with van der Waals surface area (Å²) >= 11 is 0. The SMILES string of the molecule is CC(C)c1ncc(N2CCCCCCC2)c(CO)n1. The molecular weight excluding hydrogens is 238 g/mol. The van der Waals surface area contributed by atoms with Crippen molar-refractivity contribution in [3.05, 3.63) is 17.7 Å². The third-order valence-corrected chi connectivity index (χ3v) is 3.73. The Morgan fingerprint density at radius 2 is 1.79 bits per heavy atom. The summed E-state index contributed by atoms with van der Waals surface area (Å²) in [5, 5.41) is 9.56. The second-order valence-electron chi connectivity index (χ2n) is 5.63. The average molecular weight is 263 g/mol. The zero-order chi connectivity index (χ0) is 13.7. The van der Waals surface area contributed by atoms with Gasteiger partial charge in [-0.15, -0.1) is 0 Å². The van der Waals surface area contributed by atoms with Gasteiger partial charge >= 0.3 is 0 Å². The van der Waals surface area contributed by atoms with E-state index in [-0.39, 0.29) is 6.61 Å². The normalized spacial score (nSPS) is 17.4. The Morgan fingerprint density at radius 1 is 1.16 bits per heavy atom. The highest BCUT2D eigenvalue weighted by atomic mass is 16.3. The Balaban J connectivity index is 2.21. The first-order valence-electron chi connectivity index (χ1n) is 7.44. The molecule has 2 rings (SSSR count). The van der Waals surface area contributed by atoms with Crippen molar-refractivity contribution in [3.63, 3.8) is 0 Å². The maximum absolute atomic E-state index is 9.56. The molecule has 1 aliphatic heterocycles. The first kappa shape index (κ1) is 14.3. The lowest BCUT2D eigenvalue weighted by Gasteiger charge is -2.28. The van der Waals surface area contributed by atoms with Crippen molar-refractivity contribution in [1.82, 2.24) is 9.97 Å². The van der Waals surface area contributed by atoms with Crippen LogP contribution in [0.5, 0.6) is 0 Å². The van der Waals surface area contributed by atoms with Crippen LogP contribution in [0.15, 0.2) is 6.20 Å². The number of anilines is 1. The van der Waals surface area contributed by atoms with Crippen LogP contribution in [0.4, 0.5) is 5.69 Å². The fraction of sp³-hybridized carbons (Fsp3) is 0.733. The van der Waals surface area contributed by atoms with Gasteiger partial charge in [0, 0.05) is 19.0 Å². The fourth-order valence-electron chi connectivity index (χ4n) is 2.57. The van der Waals surface area contributed by atoms with E-state index in [1.54, 1.807) is 0 Å². The lowest BCUT2D eigenvalue weighted by atomic mass is 10.1. The number of aliphatic hydroxyl groups excluding tert-OH is 1. The van der Waals surface area contributed by atoms with Crippen molar-refractivity contribution in [2.24, 2.45) is 0 Å². The summed E-state index contributed by atoms with van der Waals surface area (Å²) in [6.45, 7) is 6.25. The van der Waals surface area contributed by atoms with Crippen LogP contribution in [-0.2, 0) is 6.61 Å². The first-order valence-corrected chi connectivity index (χ1v) is 7.44. The van der Waals surface area contributed by atoms with Crippen molar-refractivity contribution in [2.75, 3.05) is 18.0 Å². The van der Waals surface area contributed by atoms with Crippen molar-refractivity contribution in [1.29, 1.82) is 0 Å². The number of aliphatic hydroxyl groups is 1. The molecule has 0 aliphatic carbocycles. The van der Waals surface area contributed by atoms with Gasteiger partial charge in [0.05, 0.1) is 24.2 Å². The van der Waals surface area contributed by atoms with Crippen molar-refractivity contribution >= 4 is 5.69 Å². The topological polar surface area (TPSA) is 49.2 Å². The molecule has 0 aromatic carbocycles. The highest BCUT2D eigenvalue weighted by Crippen LogP contribution is 2.23. The van der Waals surface area contributed by atoms with Gasteiger partial charge in [0.15, 0.2) is 0 Å². The first-order chi connectivity index (χ1) is 9.22. The molecule has 0 atom stereocenters. The molecule has 4 heteroatoms. The Bertz CT molecular complexity index is 398. The second kappa shape index (κ2) is 6.85. The lowest BCUT2D eigenvalue weighted by Crippen LogP contribution is -2.28. The quantitative estimate of drug-likeness (QED) is 0.911. The molecule has 2 heterocycles. The third kappa shape index (κ3) is 3.66. The average Bonchev–Trinajstić information content (AvgIpc) is 2.38. The lowest BCUT2D eigenvalue weighted by molar-refractivity contribution is 0.276. The van der Waals surface area contributed by atoms with E-state index >= 15 is 0 Å². The summed E-state index contributed by atoms with van der Waals surface area (Å²) in [7, 11) is 0. The Morgan fingerprint density at radius 3 is 2.37 bits per heavy atom. The van der Waals surface area contributed by atoms with Crippen LogP contribution in [0.2, 0.25) is 0 Å². The zero-order valence-corrected chi connectivity index (χ0v) is 12.1. The maximum atomic E-state index is 9.56. The molecule has 1 N–H and O–H groups in total. The van der Waals surface area contributed by atoms with Gasteiger partial charge in [-0.3, -0.25) is 0 Å². The summed E-state index contributed by atoms with van der Waals surface area (Å²) in [6.07, 6.45) is 8.29. The Hall–Kier alpha value is -1.16. The number of rotatable bonds is 3. The highest BCUT2D eigenvalue weighted by molar-refractivity contribution is 5.49. The summed E-state index contributed by atoms with van der Waals surface area (Å²) in [5.41, 5.74) is 1.80. The van der Waals surface area contributed by atoms with Gasteiger partial charge in [0.2, 0.25) is 0 Å². The predicted molar refractivity (Wildman–Crippen MR) is 77.3 cm³/mol. The van der Waals surface area contributed by atoms with Gasteiger partial charge < -0.3 is 10.0 Å². The van der Waals surface area contributed by atoms with Gasteiger partial charge in [0.1, 0.15) is 5.82 Å². The van der Waals surface area contributed by atoms with E-state index in [0.717, 1.165) is 30.3 Å². The van der Waals surface area contributed by atoms with Gasteiger partial charge in [-0.25, -0.2) is 9.97 Å². The van der Waals surface area contributed by atoms with E-state index in [1.165, 1.54) is 32.1 Å². The van der Waals surface area contributed by atoms with Gasteiger partial charge in [-0.1, -0.05) is 33.1 Å². The molecule has 1 saturated heterocycles. The molecule has 19 heavy (non-hydrogen) atoms. The van der Waals surface area contributed by atoms with Gasteiger partial charge in [-0.05, 0) is 12.8 Å². The molecule has 0 bridgehead atoms. The van der Waals surface area contributed by atoms with E-state index in [4.69, 9.17) is 0 Å². The highest BCUT2D eigenvalue weighted by Gasteiger charge is 2.15. The molecule has 106 valence electrons. The predicted octanol–water partition coefficient (Wildman–Crippen LogP) is 2.86. The standard InChI is InChI=1S/C15H25N3O/c1-12(2)15-16-10-14(13(11-19)17-15)18-8-6-4-3-5-7-9-18/h10,12,19H,3-9,11H2,1-2H3. The Labute approximate surface area is 115 Å². The molecule has 1 aromatic rings. The molecule has 0 unspecified atom stereocenters. The number of hydrogen-bond acceptors (Lipinski definition) is 4. The zero-order valence-electron chi connectivity index (χ0n) is 12.1. The van der Waals surface area contributed by atoms with Crippen LogP contribution in [0, 0.1) is 0 Å². The van der Waals surface area contributed by atoms with E-state index in [1.807, 2.05) is 6.20 Å². The molecule has 0 radical (unpaired) electrons. The number of nitrogens with zero attached hydrogens (tertiary/aromatic N) is 3. The van der Waals surface area contributed by atoms with Crippen molar-refractivity contribution in [3.8, 4) is 0 Å². The molecule has 1 aliphatic rings. The van der Waals surface area contributed by atoms with E-state index in [2.05, 4.69) is 28.7 Å². The summed E-state index contributed by atoms with van der Waals surface area (Å²) < 4.78 is 0. The van der Waals surface area contributed by atoms with Gasteiger partial charge in [-0.2, -0.15) is 0 Å². The van der Waals surface area contributed by atoms with Crippen LogP contribution in [0.3, 0.4) is 0 Å². The summed E-state index contributed by atoms with van der Waals surface area (Å²) in [5.74, 6) is 1.12. The second-order valence-corrected chi connectivity index (χ2v) is 5.63. The van der Waals surface area contributed by atoms with Crippen LogP contribution in [0.1, 0.15) is 63.4 Å². The number of hydrogen-bond donors (Lipinski definition) is 1. The smallest absolute Gasteiger partial charge is 0.131 e. The summed E-state index contributed by atoms with van der Waals surface area (Å²) in [6, 6.07) is 0. The molecule has 1 aromatic heterocycles. The molecule has 0 amide bonds. The molecule has 0 spiro atoms. The molecule has 1 fully saturated rings. The van der Waals surface area contributed by atoms with Crippen LogP contribution in [0.25, 0.3) is 0 Å². The minimum absolute atomic E-state index is 0.00588. The number of aromatic nitrogens is 2. The van der Waals surface area contributed by atoms with Crippen LogP contribution < -0.4 is 4.90 Å². The minimum Gasteiger partial charge on any atom is -0.390 e. The molecule has 0 saturated carbocycles. The van der Waals surface area contributed by atoms with Crippen molar-refractivity contribution < 1.29 is 5.11 Å². The summed E-state index contributed by atoms with van der Waals surface area (Å²) in [4.78, 5) is 11.3. The fourth-order valence-corrected chi connectivity index (χ4v) is 2.57. The third-order valence-electron chi connectivity index (χ3n) is 3.73. The van der Waals surface area contributed by atoms with Crippen molar-refractivity contribution in [2.45, 2.75) is 58.5 Å². The van der Waals surface area contributed by atoms with E-state index < -0.39 is 0 Å². The molecular formula is C15H25N3O. The largest absolute Gasteiger partial charge is 0.390 e. The van der Waals surface area contributed by atoms with Crippen LogP contribution in [-0.4, -0.2) is 28.2 Å². The van der Waals surface area contributed by atoms with Gasteiger partial charge in [0.25, 0.3) is 0 Å². The molecule has 4 nitrogen and oxygen atoms in total. The Kier molecular flexibility index (Phi) is 5.14. The monoisotopic (exact) mass is 263 g/mol. The maximum Gasteiger partial charge on any atom is 0.131 e. The van der Waals surface area contributed by atoms with E-state index in [0.29, 0.717) is 5.92 Å². The van der Waals surface area contributed by atoms with E-state index in [9.17, 15) is 5.11 Å². The minimum atomic E-state index is -0.00588.